The molecular formula is C18H18N4O2S. The maximum Gasteiger partial charge on any atom is 0.262 e. The van der Waals surface area contributed by atoms with Gasteiger partial charge in [0, 0.05) is 0 Å². The summed E-state index contributed by atoms with van der Waals surface area (Å²) in [4.78, 5) is 16.6. The highest BCUT2D eigenvalue weighted by Gasteiger charge is 2.14. The summed E-state index contributed by atoms with van der Waals surface area (Å²) >= 11 is 1.51. The largest absolute Gasteiger partial charge is 0.497 e. The van der Waals surface area contributed by atoms with Crippen LogP contribution in [0.4, 0.5) is 5.13 Å². The molecule has 0 saturated heterocycles. The summed E-state index contributed by atoms with van der Waals surface area (Å²) in [5.41, 5.74) is 4.31. The van der Waals surface area contributed by atoms with E-state index in [1.807, 2.05) is 48.5 Å². The number of hydrazone groups is 1. The van der Waals surface area contributed by atoms with Gasteiger partial charge in [-0.25, -0.2) is 10.4 Å². The van der Waals surface area contributed by atoms with E-state index in [1.54, 1.807) is 20.2 Å². The number of para-hydroxylation sites is 1. The van der Waals surface area contributed by atoms with Crippen LogP contribution < -0.4 is 15.5 Å². The third-order valence-electron chi connectivity index (χ3n) is 3.53. The fraction of sp³-hybridized carbons (Fsp3) is 0.167. The van der Waals surface area contributed by atoms with Crippen LogP contribution >= 0.6 is 11.3 Å². The normalized spacial score (nSPS) is 12.2. The molecule has 1 aromatic heterocycles. The number of ether oxygens (including phenoxy) is 1. The molecule has 0 saturated carbocycles. The lowest BCUT2D eigenvalue weighted by Gasteiger charge is -2.10. The van der Waals surface area contributed by atoms with Gasteiger partial charge in [-0.2, -0.15) is 5.10 Å². The molecule has 25 heavy (non-hydrogen) atoms. The van der Waals surface area contributed by atoms with Crippen LogP contribution in [-0.2, 0) is 4.79 Å². The number of amides is 1. The minimum atomic E-state index is -0.450. The Balaban J connectivity index is 1.55. The molecule has 0 spiro atoms. The van der Waals surface area contributed by atoms with E-state index >= 15 is 0 Å². The zero-order chi connectivity index (χ0) is 17.6. The van der Waals surface area contributed by atoms with E-state index in [9.17, 15) is 4.79 Å². The summed E-state index contributed by atoms with van der Waals surface area (Å²) in [6, 6.07) is 14.8. The number of nitrogens with zero attached hydrogens (tertiary/aromatic N) is 2. The van der Waals surface area contributed by atoms with Crippen molar-refractivity contribution in [1.29, 1.82) is 0 Å². The Bertz CT molecular complexity index is 856. The summed E-state index contributed by atoms with van der Waals surface area (Å²) in [5.74, 6) is 0.541. The molecule has 3 aromatic rings. The van der Waals surface area contributed by atoms with Crippen molar-refractivity contribution in [3.8, 4) is 5.75 Å². The SMILES string of the molecule is COc1ccc(/C=N\NC(=O)[C@H](C)Nc2nc3ccccc3s2)cc1. The van der Waals surface area contributed by atoms with Crippen LogP contribution in [0.3, 0.4) is 0 Å². The fourth-order valence-electron chi connectivity index (χ4n) is 2.14. The lowest BCUT2D eigenvalue weighted by atomic mass is 10.2. The first-order valence-electron chi connectivity index (χ1n) is 7.75. The number of methoxy groups -OCH3 is 1. The Hall–Kier alpha value is -2.93. The minimum absolute atomic E-state index is 0.232. The van der Waals surface area contributed by atoms with E-state index in [0.717, 1.165) is 21.5 Å². The average molecular weight is 354 g/mol. The van der Waals surface area contributed by atoms with Gasteiger partial charge in [0.2, 0.25) is 0 Å². The molecule has 0 unspecified atom stereocenters. The molecule has 1 amide bonds. The number of anilines is 1. The Labute approximate surface area is 149 Å². The Morgan fingerprint density at radius 3 is 2.72 bits per heavy atom. The van der Waals surface area contributed by atoms with Crippen molar-refractivity contribution in [1.82, 2.24) is 10.4 Å². The zero-order valence-corrected chi connectivity index (χ0v) is 14.7. The third-order valence-corrected chi connectivity index (χ3v) is 4.50. The summed E-state index contributed by atoms with van der Waals surface area (Å²) < 4.78 is 6.17. The van der Waals surface area contributed by atoms with Crippen LogP contribution in [0.25, 0.3) is 10.2 Å². The van der Waals surface area contributed by atoms with Crippen LogP contribution in [-0.4, -0.2) is 30.3 Å². The second kappa shape index (κ2) is 7.76. The fourth-order valence-corrected chi connectivity index (χ4v) is 3.09. The molecule has 1 heterocycles. The van der Waals surface area contributed by atoms with Crippen LogP contribution in [0.1, 0.15) is 12.5 Å². The molecule has 1 atom stereocenters. The predicted octanol–water partition coefficient (Wildman–Crippen LogP) is 3.26. The molecule has 2 N–H and O–H groups in total. The first-order chi connectivity index (χ1) is 12.2. The number of benzene rings is 2. The second-order valence-corrected chi connectivity index (χ2v) is 6.39. The van der Waals surface area contributed by atoms with Gasteiger partial charge >= 0.3 is 0 Å². The van der Waals surface area contributed by atoms with Crippen molar-refractivity contribution in [2.24, 2.45) is 5.10 Å². The molecule has 6 nitrogen and oxygen atoms in total. The second-order valence-electron chi connectivity index (χ2n) is 5.36. The van der Waals surface area contributed by atoms with E-state index < -0.39 is 6.04 Å². The molecule has 0 fully saturated rings. The van der Waals surface area contributed by atoms with Crippen LogP contribution in [0, 0.1) is 0 Å². The molecule has 7 heteroatoms. The van der Waals surface area contributed by atoms with Crippen LogP contribution in [0.2, 0.25) is 0 Å². The maximum absolute atomic E-state index is 12.1. The summed E-state index contributed by atoms with van der Waals surface area (Å²) in [6.07, 6.45) is 1.59. The smallest absolute Gasteiger partial charge is 0.262 e. The van der Waals surface area contributed by atoms with Gasteiger partial charge in [-0.1, -0.05) is 23.5 Å². The van der Waals surface area contributed by atoms with Gasteiger partial charge in [0.15, 0.2) is 5.13 Å². The minimum Gasteiger partial charge on any atom is -0.497 e. The molecule has 3 rings (SSSR count). The summed E-state index contributed by atoms with van der Waals surface area (Å²) in [7, 11) is 1.61. The van der Waals surface area contributed by atoms with E-state index in [4.69, 9.17) is 4.74 Å². The third kappa shape index (κ3) is 4.33. The lowest BCUT2D eigenvalue weighted by molar-refractivity contribution is -0.121. The molecule has 0 aliphatic rings. The van der Waals surface area contributed by atoms with E-state index in [-0.39, 0.29) is 5.91 Å². The standard InChI is InChI=1S/C18H18N4O2S/c1-12(20-18-21-15-5-3-4-6-16(15)25-18)17(23)22-19-11-13-7-9-14(24-2)10-8-13/h3-12H,1-2H3,(H,20,21)(H,22,23)/b19-11-/t12-/m0/s1. The predicted molar refractivity (Wildman–Crippen MR) is 101 cm³/mol. The average Bonchev–Trinajstić information content (AvgIpc) is 3.04. The number of hydrogen-bond donors (Lipinski definition) is 2. The molecule has 128 valence electrons. The highest BCUT2D eigenvalue weighted by molar-refractivity contribution is 7.22. The van der Waals surface area contributed by atoms with Crippen LogP contribution in [0.5, 0.6) is 5.75 Å². The van der Waals surface area contributed by atoms with Gasteiger partial charge in [0.05, 0.1) is 23.5 Å². The van der Waals surface area contributed by atoms with E-state index in [2.05, 4.69) is 20.8 Å². The van der Waals surface area contributed by atoms with Gasteiger partial charge in [0.1, 0.15) is 11.8 Å². The molecular weight excluding hydrogens is 336 g/mol. The Morgan fingerprint density at radius 1 is 1.24 bits per heavy atom. The quantitative estimate of drug-likeness (QED) is 0.526. The lowest BCUT2D eigenvalue weighted by Crippen LogP contribution is -2.34. The van der Waals surface area contributed by atoms with Crippen LogP contribution in [0.15, 0.2) is 53.6 Å². The van der Waals surface area contributed by atoms with Gasteiger partial charge in [-0.3, -0.25) is 4.79 Å². The molecule has 0 bridgehead atoms. The van der Waals surface area contributed by atoms with E-state index in [1.165, 1.54) is 11.3 Å². The molecule has 2 aromatic carbocycles. The summed E-state index contributed by atoms with van der Waals surface area (Å²) in [6.45, 7) is 1.77. The van der Waals surface area contributed by atoms with Crippen molar-refractivity contribution in [2.45, 2.75) is 13.0 Å². The Morgan fingerprint density at radius 2 is 2.00 bits per heavy atom. The molecule has 0 aliphatic heterocycles. The Kier molecular flexibility index (Phi) is 5.25. The molecule has 0 radical (unpaired) electrons. The number of fused-ring (bicyclic) bond motifs is 1. The number of carbonyl (C=O) groups excluding carboxylic acids is 1. The van der Waals surface area contributed by atoms with Crippen molar-refractivity contribution in [3.63, 3.8) is 0 Å². The van der Waals surface area contributed by atoms with Gasteiger partial charge < -0.3 is 10.1 Å². The number of hydrogen-bond acceptors (Lipinski definition) is 6. The highest BCUT2D eigenvalue weighted by Crippen LogP contribution is 2.25. The maximum atomic E-state index is 12.1. The number of aromatic nitrogens is 1. The number of carbonyl (C=O) groups is 1. The highest BCUT2D eigenvalue weighted by atomic mass is 32.1. The van der Waals surface area contributed by atoms with Crippen molar-refractivity contribution in [3.05, 3.63) is 54.1 Å². The number of rotatable bonds is 6. The van der Waals surface area contributed by atoms with Gasteiger partial charge in [-0.15, -0.1) is 0 Å². The zero-order valence-electron chi connectivity index (χ0n) is 13.9. The number of nitrogens with one attached hydrogen (secondary N) is 2. The van der Waals surface area contributed by atoms with Gasteiger partial charge in [-0.05, 0) is 48.9 Å². The van der Waals surface area contributed by atoms with Crippen molar-refractivity contribution in [2.75, 3.05) is 12.4 Å². The van der Waals surface area contributed by atoms with Gasteiger partial charge in [0.25, 0.3) is 5.91 Å². The van der Waals surface area contributed by atoms with Crippen molar-refractivity contribution < 1.29 is 9.53 Å². The number of thiazole rings is 1. The summed E-state index contributed by atoms with van der Waals surface area (Å²) in [5, 5.41) is 7.79. The molecule has 0 aliphatic carbocycles. The topological polar surface area (TPSA) is 75.6 Å². The first-order valence-corrected chi connectivity index (χ1v) is 8.56. The first kappa shape index (κ1) is 16.9. The van der Waals surface area contributed by atoms with Crippen molar-refractivity contribution >= 4 is 38.8 Å². The van der Waals surface area contributed by atoms with E-state index in [0.29, 0.717) is 5.13 Å². The monoisotopic (exact) mass is 354 g/mol.